The molecule has 0 aromatic rings. The number of hydrogen-bond donors (Lipinski definition) is 1. The van der Waals surface area contributed by atoms with E-state index in [1.165, 1.54) is 31.0 Å². The molecule has 0 aromatic heterocycles. The Morgan fingerprint density at radius 2 is 1.40 bits per heavy atom. The maximum absolute atomic E-state index is 12.6. The fraction of sp³-hybridized carbons (Fsp3) is 0.875. The molecule has 1 amide bonds. The van der Waals surface area contributed by atoms with E-state index in [1.807, 2.05) is 0 Å². The van der Waals surface area contributed by atoms with Gasteiger partial charge in [0.25, 0.3) is 5.91 Å². The molecule has 0 fully saturated rings. The quantitative estimate of drug-likeness (QED) is 0.295. The Morgan fingerprint density at radius 3 is 1.92 bits per heavy atom. The monoisotopic (exact) mass is 375 g/mol. The Kier molecular flexibility index (Phi) is 11.3. The van der Waals surface area contributed by atoms with Crippen LogP contribution in [0.25, 0.3) is 0 Å². The highest BCUT2D eigenvalue weighted by Gasteiger charge is 2.63. The number of hydrogen-bond acceptors (Lipinski definition) is 3. The lowest BCUT2D eigenvalue weighted by molar-refractivity contribution is -0.269. The highest BCUT2D eigenvalue weighted by Crippen LogP contribution is 2.35. The highest BCUT2D eigenvalue weighted by molar-refractivity contribution is 5.84. The summed E-state index contributed by atoms with van der Waals surface area (Å²) in [7, 11) is 0. The number of halogens is 5. The predicted molar refractivity (Wildman–Crippen MR) is 82.2 cm³/mol. The number of carbonyl (C=O) groups is 2. The molecule has 4 nitrogen and oxygen atoms in total. The van der Waals surface area contributed by atoms with E-state index in [0.29, 0.717) is 6.42 Å². The van der Waals surface area contributed by atoms with E-state index in [1.54, 1.807) is 0 Å². The van der Waals surface area contributed by atoms with E-state index < -0.39 is 36.9 Å². The number of nitrogens with one attached hydrogen (secondary N) is 1. The van der Waals surface area contributed by atoms with Crippen LogP contribution in [0.15, 0.2) is 0 Å². The van der Waals surface area contributed by atoms with Crippen molar-refractivity contribution in [2.75, 3.05) is 13.2 Å². The van der Waals surface area contributed by atoms with E-state index in [-0.39, 0.29) is 6.61 Å². The first-order valence-electron chi connectivity index (χ1n) is 8.51. The number of rotatable bonds is 13. The minimum Gasteiger partial charge on any atom is -0.466 e. The van der Waals surface area contributed by atoms with Crippen molar-refractivity contribution in [3.63, 3.8) is 0 Å². The zero-order valence-corrected chi connectivity index (χ0v) is 14.4. The van der Waals surface area contributed by atoms with Crippen LogP contribution in [0.5, 0.6) is 0 Å². The average Bonchev–Trinajstić information content (AvgIpc) is 2.52. The maximum Gasteiger partial charge on any atom is 0.463 e. The molecule has 0 aromatic carbocycles. The topological polar surface area (TPSA) is 55.4 Å². The second-order valence-electron chi connectivity index (χ2n) is 5.77. The smallest absolute Gasteiger partial charge is 0.463 e. The van der Waals surface area contributed by atoms with Crippen molar-refractivity contribution >= 4 is 11.9 Å². The Morgan fingerprint density at radius 1 is 0.880 bits per heavy atom. The summed E-state index contributed by atoms with van der Waals surface area (Å²) in [4.78, 5) is 22.1. The van der Waals surface area contributed by atoms with Crippen molar-refractivity contribution in [2.45, 2.75) is 76.8 Å². The third-order valence-corrected chi connectivity index (χ3v) is 3.52. The molecule has 0 unspecified atom stereocenters. The molecule has 0 aliphatic rings. The van der Waals surface area contributed by atoms with Crippen LogP contribution >= 0.6 is 0 Å². The summed E-state index contributed by atoms with van der Waals surface area (Å²) in [6.45, 7) is 1.67. The van der Waals surface area contributed by atoms with E-state index in [0.717, 1.165) is 19.3 Å². The highest BCUT2D eigenvalue weighted by atomic mass is 19.4. The van der Waals surface area contributed by atoms with E-state index in [2.05, 4.69) is 6.92 Å². The lowest BCUT2D eigenvalue weighted by atomic mass is 10.1. The van der Waals surface area contributed by atoms with Gasteiger partial charge >= 0.3 is 18.1 Å². The molecule has 0 bridgehead atoms. The van der Waals surface area contributed by atoms with Gasteiger partial charge in [0, 0.05) is 6.54 Å². The molecule has 0 aliphatic carbocycles. The van der Waals surface area contributed by atoms with Gasteiger partial charge in [-0.15, -0.1) is 0 Å². The SMILES string of the molecule is CCCCCCCCCCOC(=O)CCNC(=O)C(F)(F)C(F)(F)F. The molecule has 0 saturated heterocycles. The summed E-state index contributed by atoms with van der Waals surface area (Å²) in [6.07, 6.45) is 2.09. The Hall–Kier alpha value is -1.41. The standard InChI is InChI=1S/C16H26F5NO3/c1-2-3-4-5-6-7-8-9-12-25-13(23)10-11-22-14(24)15(17,18)16(19,20)21/h2-12H2,1H3,(H,22,24). The second kappa shape index (κ2) is 12.0. The minimum atomic E-state index is -5.96. The molecule has 148 valence electrons. The van der Waals surface area contributed by atoms with Gasteiger partial charge in [-0.25, -0.2) is 0 Å². The molecule has 0 spiro atoms. The first-order chi connectivity index (χ1) is 11.6. The zero-order chi connectivity index (χ0) is 19.3. The summed E-state index contributed by atoms with van der Waals surface area (Å²) >= 11 is 0. The second-order valence-corrected chi connectivity index (χ2v) is 5.77. The van der Waals surface area contributed by atoms with Crippen LogP contribution < -0.4 is 5.32 Å². The number of esters is 1. The summed E-state index contributed by atoms with van der Waals surface area (Å²) in [6, 6.07) is 0. The number of alkyl halides is 5. The third-order valence-electron chi connectivity index (χ3n) is 3.52. The number of amides is 1. The lowest BCUT2D eigenvalue weighted by Gasteiger charge is -2.18. The van der Waals surface area contributed by atoms with E-state index in [9.17, 15) is 31.5 Å². The average molecular weight is 375 g/mol. The minimum absolute atomic E-state index is 0.167. The van der Waals surface area contributed by atoms with Gasteiger partial charge in [-0.05, 0) is 6.42 Å². The van der Waals surface area contributed by atoms with Crippen LogP contribution in [0.3, 0.4) is 0 Å². The molecule has 0 radical (unpaired) electrons. The molecule has 0 rings (SSSR count). The van der Waals surface area contributed by atoms with Gasteiger partial charge in [0.15, 0.2) is 0 Å². The van der Waals surface area contributed by atoms with Crippen molar-refractivity contribution in [1.82, 2.24) is 5.32 Å². The van der Waals surface area contributed by atoms with Crippen LogP contribution in [0.1, 0.15) is 64.7 Å². The molecule has 0 atom stereocenters. The molecule has 0 heterocycles. The maximum atomic E-state index is 12.6. The van der Waals surface area contributed by atoms with Gasteiger partial charge in [-0.1, -0.05) is 51.9 Å². The zero-order valence-electron chi connectivity index (χ0n) is 14.4. The van der Waals surface area contributed by atoms with Crippen molar-refractivity contribution < 1.29 is 36.3 Å². The summed E-state index contributed by atoms with van der Waals surface area (Å²) in [5.41, 5.74) is 0. The van der Waals surface area contributed by atoms with Crippen LogP contribution in [0.2, 0.25) is 0 Å². The van der Waals surface area contributed by atoms with Crippen LogP contribution in [-0.2, 0) is 14.3 Å². The molecule has 25 heavy (non-hydrogen) atoms. The number of carbonyl (C=O) groups excluding carboxylic acids is 2. The van der Waals surface area contributed by atoms with Crippen molar-refractivity contribution in [1.29, 1.82) is 0 Å². The summed E-state index contributed by atoms with van der Waals surface area (Å²) < 4.78 is 65.8. The number of ether oxygens (including phenoxy) is 1. The molecule has 0 saturated carbocycles. The van der Waals surface area contributed by atoms with Gasteiger partial charge in [0.05, 0.1) is 13.0 Å². The van der Waals surface area contributed by atoms with Crippen LogP contribution in [-0.4, -0.2) is 37.1 Å². The normalized spacial score (nSPS) is 12.1. The number of unbranched alkanes of at least 4 members (excludes halogenated alkanes) is 7. The van der Waals surface area contributed by atoms with E-state index >= 15 is 0 Å². The largest absolute Gasteiger partial charge is 0.466 e. The molecule has 1 N–H and O–H groups in total. The van der Waals surface area contributed by atoms with Gasteiger partial charge in [0.1, 0.15) is 0 Å². The Balaban J connectivity index is 3.67. The Labute approximate surface area is 144 Å². The first-order valence-corrected chi connectivity index (χ1v) is 8.51. The van der Waals surface area contributed by atoms with Crippen molar-refractivity contribution in [2.24, 2.45) is 0 Å². The fourth-order valence-corrected chi connectivity index (χ4v) is 2.01. The molecular formula is C16H26F5NO3. The molecular weight excluding hydrogens is 349 g/mol. The lowest BCUT2D eigenvalue weighted by Crippen LogP contribution is -2.50. The van der Waals surface area contributed by atoms with Gasteiger partial charge in [-0.2, -0.15) is 22.0 Å². The van der Waals surface area contributed by atoms with Crippen molar-refractivity contribution in [3.8, 4) is 0 Å². The Bertz CT molecular complexity index is 400. The van der Waals surface area contributed by atoms with Crippen LogP contribution in [0.4, 0.5) is 22.0 Å². The predicted octanol–water partition coefficient (Wildman–Crippen LogP) is 4.37. The van der Waals surface area contributed by atoms with Gasteiger partial charge in [-0.3, -0.25) is 9.59 Å². The molecule has 0 aliphatic heterocycles. The first kappa shape index (κ1) is 23.6. The van der Waals surface area contributed by atoms with Crippen molar-refractivity contribution in [3.05, 3.63) is 0 Å². The van der Waals surface area contributed by atoms with Crippen LogP contribution in [0, 0.1) is 0 Å². The summed E-state index contributed by atoms with van der Waals surface area (Å²) in [5.74, 6) is -8.71. The van der Waals surface area contributed by atoms with Gasteiger partial charge < -0.3 is 10.1 Å². The van der Waals surface area contributed by atoms with E-state index in [4.69, 9.17) is 4.74 Å². The fourth-order valence-electron chi connectivity index (χ4n) is 2.01. The molecule has 9 heteroatoms. The van der Waals surface area contributed by atoms with Gasteiger partial charge in [0.2, 0.25) is 0 Å². The summed E-state index contributed by atoms with van der Waals surface area (Å²) in [5, 5.41) is 1.39. The third kappa shape index (κ3) is 10.2.